The van der Waals surface area contributed by atoms with Crippen molar-refractivity contribution in [2.45, 2.75) is 24.1 Å². The topological polar surface area (TPSA) is 60.9 Å². The summed E-state index contributed by atoms with van der Waals surface area (Å²) in [6.45, 7) is 0. The fraction of sp³-hybridized carbons (Fsp3) is 0.333. The van der Waals surface area contributed by atoms with Crippen LogP contribution in [0.5, 0.6) is 0 Å². The molecule has 2 aromatic carbocycles. The van der Waals surface area contributed by atoms with Gasteiger partial charge in [-0.15, -0.1) is 0 Å². The number of carbonyl (C=O) groups is 2. The molecule has 2 amide bonds. The Morgan fingerprint density at radius 1 is 0.969 bits per heavy atom. The van der Waals surface area contributed by atoms with Gasteiger partial charge in [0.1, 0.15) is 5.92 Å². The molecule has 1 aliphatic heterocycles. The number of benzene rings is 2. The number of aliphatic hydroxyl groups is 1. The molecule has 0 spiro atoms. The van der Waals surface area contributed by atoms with Crippen molar-refractivity contribution in [3.05, 3.63) is 71.3 Å². The van der Waals surface area contributed by atoms with Gasteiger partial charge in [0, 0.05) is 19.7 Å². The third-order valence-electron chi connectivity index (χ3n) is 5.58. The second kappa shape index (κ2) is 7.80. The number of halogens is 6. The van der Waals surface area contributed by atoms with Crippen molar-refractivity contribution in [1.29, 1.82) is 0 Å². The average Bonchev–Trinajstić information content (AvgIpc) is 2.73. The van der Waals surface area contributed by atoms with E-state index in [-0.39, 0.29) is 16.0 Å². The number of alkyl halides is 6. The Bertz CT molecular complexity index is 1020. The zero-order valence-corrected chi connectivity index (χ0v) is 16.8. The molecule has 3 atom stereocenters. The largest absolute Gasteiger partial charge is 0.437 e. The molecule has 0 bridgehead atoms. The molecule has 32 heavy (non-hydrogen) atoms. The molecule has 1 aliphatic rings. The van der Waals surface area contributed by atoms with E-state index in [4.69, 9.17) is 0 Å². The molecule has 1 fully saturated rings. The number of rotatable bonds is 3. The molecule has 1 heterocycles. The highest BCUT2D eigenvalue weighted by molar-refractivity contribution is 6.00. The van der Waals surface area contributed by atoms with Crippen LogP contribution >= 0.6 is 0 Å². The SMILES string of the molecule is CN1C(=O)N(C)C(O)(C(F)(F)F)C(C(=O)c2ccccc2)C1c1cccc(C(F)(F)F)c1. The van der Waals surface area contributed by atoms with Gasteiger partial charge in [0.25, 0.3) is 5.72 Å². The summed E-state index contributed by atoms with van der Waals surface area (Å²) in [4.78, 5) is 26.6. The van der Waals surface area contributed by atoms with Gasteiger partial charge >= 0.3 is 18.4 Å². The molecule has 0 saturated carbocycles. The maximum Gasteiger partial charge on any atom is 0.437 e. The molecule has 2 aromatic rings. The Hall–Kier alpha value is -3.08. The molecule has 11 heteroatoms. The zero-order valence-electron chi connectivity index (χ0n) is 16.8. The highest BCUT2D eigenvalue weighted by atomic mass is 19.4. The standard InChI is InChI=1S/C21H18F6N2O3/c1-28-16(13-9-6-10-14(11-13)20(22,23)24)15(17(30)12-7-4-3-5-8-12)19(32,21(25,26)27)29(2)18(28)31/h3-11,15-16,32H,1-2H3. The molecule has 5 nitrogen and oxygen atoms in total. The van der Waals surface area contributed by atoms with E-state index in [1.807, 2.05) is 0 Å². The maximum absolute atomic E-state index is 14.2. The summed E-state index contributed by atoms with van der Waals surface area (Å²) in [5, 5.41) is 10.8. The first kappa shape index (κ1) is 23.6. The van der Waals surface area contributed by atoms with Crippen LogP contribution in [0.4, 0.5) is 31.1 Å². The van der Waals surface area contributed by atoms with E-state index in [1.54, 1.807) is 0 Å². The summed E-state index contributed by atoms with van der Waals surface area (Å²) in [5.74, 6) is -3.56. The van der Waals surface area contributed by atoms with Gasteiger partial charge in [0.15, 0.2) is 5.78 Å². The summed E-state index contributed by atoms with van der Waals surface area (Å²) >= 11 is 0. The minimum atomic E-state index is -5.49. The quantitative estimate of drug-likeness (QED) is 0.542. The Morgan fingerprint density at radius 3 is 2.09 bits per heavy atom. The van der Waals surface area contributed by atoms with Crippen LogP contribution in [0.1, 0.15) is 27.5 Å². The van der Waals surface area contributed by atoms with Gasteiger partial charge in [-0.05, 0) is 17.7 Å². The summed E-state index contributed by atoms with van der Waals surface area (Å²) < 4.78 is 82.2. The van der Waals surface area contributed by atoms with Crippen molar-refractivity contribution in [3.63, 3.8) is 0 Å². The zero-order chi connectivity index (χ0) is 24.1. The number of carbonyl (C=O) groups excluding carboxylic acids is 2. The maximum atomic E-state index is 14.2. The van der Waals surface area contributed by atoms with Crippen molar-refractivity contribution in [3.8, 4) is 0 Å². The van der Waals surface area contributed by atoms with Gasteiger partial charge in [-0.3, -0.25) is 9.69 Å². The minimum absolute atomic E-state index is 0.0113. The second-order valence-electron chi connectivity index (χ2n) is 7.45. The smallest absolute Gasteiger partial charge is 0.363 e. The highest BCUT2D eigenvalue weighted by Gasteiger charge is 2.70. The van der Waals surface area contributed by atoms with E-state index >= 15 is 0 Å². The van der Waals surface area contributed by atoms with Crippen molar-refractivity contribution in [1.82, 2.24) is 9.80 Å². The van der Waals surface area contributed by atoms with Gasteiger partial charge in [0.05, 0.1) is 11.6 Å². The van der Waals surface area contributed by atoms with Crippen molar-refractivity contribution in [2.75, 3.05) is 14.1 Å². The summed E-state index contributed by atoms with van der Waals surface area (Å²) in [6, 6.07) is 6.91. The Morgan fingerprint density at radius 2 is 1.56 bits per heavy atom. The number of nitrogens with zero attached hydrogens (tertiary/aromatic N) is 2. The van der Waals surface area contributed by atoms with E-state index in [0.717, 1.165) is 24.1 Å². The van der Waals surface area contributed by atoms with Crippen molar-refractivity contribution in [2.24, 2.45) is 5.92 Å². The molecule has 0 aliphatic carbocycles. The van der Waals surface area contributed by atoms with E-state index in [9.17, 15) is 41.0 Å². The van der Waals surface area contributed by atoms with Gasteiger partial charge in [-0.1, -0.05) is 42.5 Å². The van der Waals surface area contributed by atoms with Crippen LogP contribution in [-0.4, -0.2) is 52.7 Å². The lowest BCUT2D eigenvalue weighted by molar-refractivity contribution is -0.328. The fourth-order valence-electron chi connectivity index (χ4n) is 3.94. The third-order valence-corrected chi connectivity index (χ3v) is 5.58. The number of hydrogen-bond donors (Lipinski definition) is 1. The van der Waals surface area contributed by atoms with Crippen LogP contribution in [0.3, 0.4) is 0 Å². The normalized spacial score (nSPS) is 24.6. The van der Waals surface area contributed by atoms with E-state index < -0.39 is 47.4 Å². The first-order valence-corrected chi connectivity index (χ1v) is 9.27. The molecule has 172 valence electrons. The predicted molar refractivity (Wildman–Crippen MR) is 100 cm³/mol. The molecule has 1 N–H and O–H groups in total. The van der Waals surface area contributed by atoms with E-state index in [0.29, 0.717) is 19.2 Å². The Labute approximate surface area is 178 Å². The monoisotopic (exact) mass is 460 g/mol. The lowest BCUT2D eigenvalue weighted by Crippen LogP contribution is -2.73. The molecular weight excluding hydrogens is 442 g/mol. The molecule has 0 aromatic heterocycles. The number of Topliss-reactive ketones (excluding diaryl/α,β-unsaturated/α-hetero) is 1. The van der Waals surface area contributed by atoms with Crippen molar-refractivity contribution >= 4 is 11.8 Å². The predicted octanol–water partition coefficient (Wildman–Crippen LogP) is 4.49. The Balaban J connectivity index is 2.29. The van der Waals surface area contributed by atoms with Crippen LogP contribution in [-0.2, 0) is 6.18 Å². The lowest BCUT2D eigenvalue weighted by Gasteiger charge is -2.53. The molecule has 1 saturated heterocycles. The van der Waals surface area contributed by atoms with Gasteiger partial charge in [0.2, 0.25) is 0 Å². The van der Waals surface area contributed by atoms with Crippen LogP contribution in [0.15, 0.2) is 54.6 Å². The molecule has 3 unspecified atom stereocenters. The van der Waals surface area contributed by atoms with Crippen molar-refractivity contribution < 1.29 is 41.0 Å². The van der Waals surface area contributed by atoms with Gasteiger partial charge in [-0.2, -0.15) is 26.3 Å². The van der Waals surface area contributed by atoms with E-state index in [2.05, 4.69) is 0 Å². The first-order chi connectivity index (χ1) is 14.7. The van der Waals surface area contributed by atoms with Gasteiger partial charge < -0.3 is 10.0 Å². The van der Waals surface area contributed by atoms with Crippen LogP contribution < -0.4 is 0 Å². The summed E-state index contributed by atoms with van der Waals surface area (Å²) in [7, 11) is 1.74. The molecule has 3 rings (SSSR count). The molecule has 0 radical (unpaired) electrons. The highest BCUT2D eigenvalue weighted by Crippen LogP contribution is 2.50. The Kier molecular flexibility index (Phi) is 5.75. The number of urea groups is 1. The summed E-state index contributed by atoms with van der Waals surface area (Å²) in [5.41, 5.74) is -5.71. The van der Waals surface area contributed by atoms with Crippen LogP contribution in [0.25, 0.3) is 0 Å². The fourth-order valence-corrected chi connectivity index (χ4v) is 3.94. The van der Waals surface area contributed by atoms with E-state index in [1.165, 1.54) is 30.3 Å². The van der Waals surface area contributed by atoms with Gasteiger partial charge in [-0.25, -0.2) is 4.79 Å². The van der Waals surface area contributed by atoms with Crippen LogP contribution in [0.2, 0.25) is 0 Å². The number of ketones is 1. The first-order valence-electron chi connectivity index (χ1n) is 9.27. The summed E-state index contributed by atoms with van der Waals surface area (Å²) in [6.07, 6.45) is -10.3. The molecular formula is C21H18F6N2O3. The second-order valence-corrected chi connectivity index (χ2v) is 7.45. The third kappa shape index (κ3) is 3.70. The lowest BCUT2D eigenvalue weighted by atomic mass is 9.75. The number of amides is 2. The minimum Gasteiger partial charge on any atom is -0.363 e. The average molecular weight is 460 g/mol. The number of hydrogen-bond acceptors (Lipinski definition) is 3. The van der Waals surface area contributed by atoms with Crippen LogP contribution in [0, 0.1) is 5.92 Å².